The Morgan fingerprint density at radius 2 is 2.05 bits per heavy atom. The number of rotatable bonds is 6. The normalized spacial score (nSPS) is 11.4. The molecule has 0 aromatic heterocycles. The third kappa shape index (κ3) is 4.44. The van der Waals surface area contributed by atoms with E-state index in [9.17, 15) is 18.8 Å². The molecule has 1 aromatic rings. The number of methoxy groups -OCH3 is 1. The minimum Gasteiger partial charge on any atom is -0.490 e. The molecule has 0 saturated heterocycles. The lowest BCUT2D eigenvalue weighted by molar-refractivity contribution is -0.145. The van der Waals surface area contributed by atoms with Gasteiger partial charge in [-0.3, -0.25) is 9.59 Å². The van der Waals surface area contributed by atoms with Crippen molar-refractivity contribution in [3.8, 4) is 5.75 Å². The molecule has 0 fully saturated rings. The quantitative estimate of drug-likeness (QED) is 0.718. The molecule has 1 aromatic carbocycles. The Hall–Kier alpha value is -2.64. The summed E-state index contributed by atoms with van der Waals surface area (Å²) in [6.45, 7) is 0.878. The van der Waals surface area contributed by atoms with Gasteiger partial charge in [0, 0.05) is 6.92 Å². The van der Waals surface area contributed by atoms with Crippen LogP contribution in [0.2, 0.25) is 0 Å². The molecule has 1 atom stereocenters. The van der Waals surface area contributed by atoms with Gasteiger partial charge in [-0.25, -0.2) is 9.18 Å². The molecule has 21 heavy (non-hydrogen) atoms. The third-order valence-corrected chi connectivity index (χ3v) is 2.49. The Balaban J connectivity index is 2.90. The van der Waals surface area contributed by atoms with E-state index in [4.69, 9.17) is 10.5 Å². The summed E-state index contributed by atoms with van der Waals surface area (Å²) in [5.41, 5.74) is 4.64. The molecule has 8 heteroatoms. The zero-order valence-corrected chi connectivity index (χ0v) is 11.5. The van der Waals surface area contributed by atoms with Crippen LogP contribution in [0.4, 0.5) is 4.39 Å². The van der Waals surface area contributed by atoms with E-state index < -0.39 is 35.2 Å². The van der Waals surface area contributed by atoms with Gasteiger partial charge in [0.2, 0.25) is 5.91 Å². The van der Waals surface area contributed by atoms with E-state index in [2.05, 4.69) is 10.1 Å². The molecule has 0 bridgehead atoms. The number of esters is 1. The van der Waals surface area contributed by atoms with Crippen LogP contribution in [0.15, 0.2) is 18.2 Å². The summed E-state index contributed by atoms with van der Waals surface area (Å²) in [6, 6.07) is 2.61. The van der Waals surface area contributed by atoms with Crippen LogP contribution in [-0.4, -0.2) is 37.5 Å². The van der Waals surface area contributed by atoms with Crippen LogP contribution in [0.25, 0.3) is 0 Å². The molecule has 0 radical (unpaired) electrons. The van der Waals surface area contributed by atoms with Gasteiger partial charge >= 0.3 is 5.97 Å². The molecular formula is C13H15FN2O5. The molecule has 3 N–H and O–H groups in total. The summed E-state index contributed by atoms with van der Waals surface area (Å²) in [5, 5.41) is 2.32. The highest BCUT2D eigenvalue weighted by Crippen LogP contribution is 2.21. The van der Waals surface area contributed by atoms with Crippen molar-refractivity contribution >= 4 is 17.8 Å². The maximum Gasteiger partial charge on any atom is 0.331 e. The molecule has 0 saturated carbocycles. The maximum atomic E-state index is 13.5. The summed E-state index contributed by atoms with van der Waals surface area (Å²) in [4.78, 5) is 33.7. The zero-order valence-electron chi connectivity index (χ0n) is 11.5. The van der Waals surface area contributed by atoms with Gasteiger partial charge in [-0.05, 0) is 12.1 Å². The largest absolute Gasteiger partial charge is 0.490 e. The fourth-order valence-corrected chi connectivity index (χ4v) is 1.59. The Bertz CT molecular complexity index is 561. The van der Waals surface area contributed by atoms with Gasteiger partial charge in [-0.2, -0.15) is 0 Å². The van der Waals surface area contributed by atoms with E-state index in [1.807, 2.05) is 0 Å². The van der Waals surface area contributed by atoms with Crippen LogP contribution >= 0.6 is 0 Å². The van der Waals surface area contributed by atoms with Gasteiger partial charge in [-0.1, -0.05) is 6.07 Å². The topological polar surface area (TPSA) is 108 Å². The van der Waals surface area contributed by atoms with E-state index in [-0.39, 0.29) is 12.4 Å². The number of primary amides is 1. The monoisotopic (exact) mass is 298 g/mol. The lowest BCUT2D eigenvalue weighted by Crippen LogP contribution is -2.44. The number of halogens is 1. The second-order valence-electron chi connectivity index (χ2n) is 4.06. The predicted octanol–water partition coefficient (Wildman–Crippen LogP) is -0.0189. The lowest BCUT2D eigenvalue weighted by atomic mass is 10.2. The zero-order chi connectivity index (χ0) is 16.0. The van der Waals surface area contributed by atoms with Gasteiger partial charge in [0.25, 0.3) is 5.91 Å². The molecule has 0 heterocycles. The van der Waals surface area contributed by atoms with Crippen molar-refractivity contribution in [2.24, 2.45) is 5.73 Å². The standard InChI is InChI=1S/C13H15FN2O5/c1-7(17)16-9(13(19)20-2)6-21-10-5-3-4-8(14)11(10)12(15)18/h3-5,9H,6H2,1-2H3,(H2,15,18)(H,16,17). The van der Waals surface area contributed by atoms with Crippen molar-refractivity contribution in [3.63, 3.8) is 0 Å². The van der Waals surface area contributed by atoms with E-state index in [1.54, 1.807) is 0 Å². The summed E-state index contributed by atoms with van der Waals surface area (Å²) in [6.07, 6.45) is 0. The van der Waals surface area contributed by atoms with Gasteiger partial charge in [0.05, 0.1) is 7.11 Å². The van der Waals surface area contributed by atoms with E-state index in [0.29, 0.717) is 0 Å². The summed E-state index contributed by atoms with van der Waals surface area (Å²) >= 11 is 0. The molecule has 0 aliphatic carbocycles. The van der Waals surface area contributed by atoms with Crippen LogP contribution in [0.3, 0.4) is 0 Å². The van der Waals surface area contributed by atoms with Crippen LogP contribution in [0.5, 0.6) is 5.75 Å². The second kappa shape index (κ2) is 7.22. The molecule has 0 spiro atoms. The molecular weight excluding hydrogens is 283 g/mol. The van der Waals surface area contributed by atoms with Gasteiger partial charge < -0.3 is 20.5 Å². The molecule has 0 aliphatic rings. The van der Waals surface area contributed by atoms with E-state index in [0.717, 1.165) is 13.2 Å². The molecule has 7 nitrogen and oxygen atoms in total. The van der Waals surface area contributed by atoms with Crippen molar-refractivity contribution in [1.29, 1.82) is 0 Å². The number of hydrogen-bond acceptors (Lipinski definition) is 5. The third-order valence-electron chi connectivity index (χ3n) is 2.49. The Morgan fingerprint density at radius 3 is 2.57 bits per heavy atom. The number of carbonyl (C=O) groups is 3. The van der Waals surface area contributed by atoms with Crippen molar-refractivity contribution in [1.82, 2.24) is 5.32 Å². The highest BCUT2D eigenvalue weighted by molar-refractivity contribution is 5.95. The molecule has 1 rings (SSSR count). The minimum atomic E-state index is -1.09. The van der Waals surface area contributed by atoms with Crippen molar-refractivity contribution < 1.29 is 28.2 Å². The number of amides is 2. The average molecular weight is 298 g/mol. The number of hydrogen-bond donors (Lipinski definition) is 2. The van der Waals surface area contributed by atoms with Gasteiger partial charge in [0.1, 0.15) is 23.7 Å². The predicted molar refractivity (Wildman–Crippen MR) is 70.0 cm³/mol. The molecule has 2 amide bonds. The van der Waals surface area contributed by atoms with Crippen LogP contribution in [-0.2, 0) is 14.3 Å². The maximum absolute atomic E-state index is 13.5. The second-order valence-corrected chi connectivity index (χ2v) is 4.06. The van der Waals surface area contributed by atoms with Crippen molar-refractivity contribution in [3.05, 3.63) is 29.6 Å². The minimum absolute atomic E-state index is 0.123. The SMILES string of the molecule is COC(=O)C(COc1cccc(F)c1C(N)=O)NC(C)=O. The highest BCUT2D eigenvalue weighted by atomic mass is 19.1. The fourth-order valence-electron chi connectivity index (χ4n) is 1.59. The van der Waals surface area contributed by atoms with Crippen molar-refractivity contribution in [2.75, 3.05) is 13.7 Å². The fraction of sp³-hybridized carbons (Fsp3) is 0.308. The number of benzene rings is 1. The molecule has 0 aliphatic heterocycles. The molecule has 114 valence electrons. The first-order valence-electron chi connectivity index (χ1n) is 5.92. The average Bonchev–Trinajstić information content (AvgIpc) is 2.41. The summed E-state index contributed by atoms with van der Waals surface area (Å²) in [5.74, 6) is -3.17. The number of nitrogens with two attached hydrogens (primary N) is 1. The molecule has 1 unspecified atom stereocenters. The van der Waals surface area contributed by atoms with E-state index in [1.165, 1.54) is 19.1 Å². The first-order valence-corrected chi connectivity index (χ1v) is 5.92. The smallest absolute Gasteiger partial charge is 0.331 e. The van der Waals surface area contributed by atoms with Gasteiger partial charge in [-0.15, -0.1) is 0 Å². The summed E-state index contributed by atoms with van der Waals surface area (Å²) in [7, 11) is 1.15. The first kappa shape index (κ1) is 16.4. The van der Waals surface area contributed by atoms with Crippen LogP contribution in [0.1, 0.15) is 17.3 Å². The van der Waals surface area contributed by atoms with Gasteiger partial charge in [0.15, 0.2) is 6.04 Å². The number of ether oxygens (including phenoxy) is 2. The Kier molecular flexibility index (Phi) is 5.65. The number of carbonyl (C=O) groups excluding carboxylic acids is 3. The lowest BCUT2D eigenvalue weighted by Gasteiger charge is -2.17. The van der Waals surface area contributed by atoms with E-state index >= 15 is 0 Å². The Morgan fingerprint density at radius 1 is 1.38 bits per heavy atom. The summed E-state index contributed by atoms with van der Waals surface area (Å²) < 4.78 is 23.2. The highest BCUT2D eigenvalue weighted by Gasteiger charge is 2.23. The number of nitrogens with one attached hydrogen (secondary N) is 1. The first-order chi connectivity index (χ1) is 9.86. The Labute approximate surface area is 120 Å². The van der Waals surface area contributed by atoms with Crippen LogP contribution < -0.4 is 15.8 Å². The van der Waals surface area contributed by atoms with Crippen LogP contribution in [0, 0.1) is 5.82 Å². The van der Waals surface area contributed by atoms with Crippen molar-refractivity contribution in [2.45, 2.75) is 13.0 Å².